The Bertz CT molecular complexity index is 585. The van der Waals surface area contributed by atoms with Crippen molar-refractivity contribution in [1.82, 2.24) is 9.97 Å². The van der Waals surface area contributed by atoms with Crippen molar-refractivity contribution in [3.8, 4) is 0 Å². The molecule has 108 valence electrons. The van der Waals surface area contributed by atoms with Gasteiger partial charge in [-0.25, -0.2) is 4.98 Å². The van der Waals surface area contributed by atoms with Gasteiger partial charge in [-0.2, -0.15) is 0 Å². The number of nitrogens with zero attached hydrogens (tertiary/aromatic N) is 2. The highest BCUT2D eigenvalue weighted by Crippen LogP contribution is 2.27. The Kier molecular flexibility index (Phi) is 4.70. The Balaban J connectivity index is 2.16. The Morgan fingerprint density at radius 3 is 2.65 bits per heavy atom. The molecular weight excluding hydrogens is 256 g/mol. The van der Waals surface area contributed by atoms with E-state index in [1.54, 1.807) is 20.4 Å². The van der Waals surface area contributed by atoms with Crippen molar-refractivity contribution in [3.63, 3.8) is 0 Å². The minimum atomic E-state index is -0.198. The number of fused-ring (bicyclic) bond motifs is 1. The van der Waals surface area contributed by atoms with Crippen LogP contribution in [0.3, 0.4) is 0 Å². The van der Waals surface area contributed by atoms with E-state index < -0.39 is 0 Å². The predicted molar refractivity (Wildman–Crippen MR) is 79.1 cm³/mol. The van der Waals surface area contributed by atoms with Gasteiger partial charge in [-0.3, -0.25) is 4.98 Å². The highest BCUT2D eigenvalue weighted by Gasteiger charge is 2.12. The van der Waals surface area contributed by atoms with Crippen LogP contribution in [0.15, 0.2) is 18.3 Å². The lowest BCUT2D eigenvalue weighted by Crippen LogP contribution is -2.13. The third-order valence-corrected chi connectivity index (χ3v) is 3.28. The summed E-state index contributed by atoms with van der Waals surface area (Å²) in [7, 11) is 3.25. The Morgan fingerprint density at radius 2 is 1.95 bits per heavy atom. The molecule has 0 aliphatic heterocycles. The number of aromatic nitrogens is 2. The van der Waals surface area contributed by atoms with Crippen molar-refractivity contribution in [2.45, 2.75) is 25.6 Å². The van der Waals surface area contributed by atoms with Gasteiger partial charge in [0, 0.05) is 20.4 Å². The number of nitrogens with two attached hydrogens (primary N) is 2. The lowest BCUT2D eigenvalue weighted by molar-refractivity contribution is -0.106. The summed E-state index contributed by atoms with van der Waals surface area (Å²) in [5, 5.41) is 0. The van der Waals surface area contributed by atoms with Crippen LogP contribution in [0.2, 0.25) is 0 Å². The molecule has 20 heavy (non-hydrogen) atoms. The maximum atomic E-state index is 6.04. The number of methoxy groups -OCH3 is 2. The van der Waals surface area contributed by atoms with Gasteiger partial charge in [0.2, 0.25) is 0 Å². The number of aryl methyl sites for hydroxylation is 1. The van der Waals surface area contributed by atoms with E-state index in [0.717, 1.165) is 30.5 Å². The molecule has 2 rings (SSSR count). The van der Waals surface area contributed by atoms with E-state index in [-0.39, 0.29) is 6.29 Å². The summed E-state index contributed by atoms with van der Waals surface area (Å²) >= 11 is 0. The molecule has 0 aromatic carbocycles. The maximum absolute atomic E-state index is 6.04. The lowest BCUT2D eigenvalue weighted by atomic mass is 10.1. The first kappa shape index (κ1) is 14.5. The standard InChI is InChI=1S/C14H20N4O2/c1-19-11(20-2)7-3-5-9-12(15)13(16)14-10(18-9)6-4-8-17-14/h4,6,8,11H,3,5,7,15H2,1-2H3,(H2,16,18). The molecule has 6 heteroatoms. The molecule has 0 saturated heterocycles. The van der Waals surface area contributed by atoms with E-state index in [1.165, 1.54) is 0 Å². The second-order valence-electron chi connectivity index (χ2n) is 4.55. The zero-order chi connectivity index (χ0) is 14.5. The van der Waals surface area contributed by atoms with E-state index in [1.807, 2.05) is 12.1 Å². The van der Waals surface area contributed by atoms with Crippen molar-refractivity contribution in [2.24, 2.45) is 0 Å². The van der Waals surface area contributed by atoms with Crippen LogP contribution in [0.5, 0.6) is 0 Å². The van der Waals surface area contributed by atoms with Crippen LogP contribution < -0.4 is 11.5 Å². The first-order valence-corrected chi connectivity index (χ1v) is 6.51. The van der Waals surface area contributed by atoms with Crippen molar-refractivity contribution < 1.29 is 9.47 Å². The number of anilines is 2. The lowest BCUT2D eigenvalue weighted by Gasteiger charge is -2.14. The van der Waals surface area contributed by atoms with Gasteiger partial charge in [0.25, 0.3) is 0 Å². The number of ether oxygens (including phenoxy) is 2. The quantitative estimate of drug-likeness (QED) is 0.780. The predicted octanol–water partition coefficient (Wildman–Crippen LogP) is 1.74. The second kappa shape index (κ2) is 6.49. The fourth-order valence-electron chi connectivity index (χ4n) is 2.14. The number of nitrogen functional groups attached to an aromatic ring is 2. The van der Waals surface area contributed by atoms with Gasteiger partial charge in [0.1, 0.15) is 5.52 Å². The summed E-state index contributed by atoms with van der Waals surface area (Å²) in [6.07, 6.45) is 3.84. The van der Waals surface area contributed by atoms with Crippen molar-refractivity contribution in [2.75, 3.05) is 25.7 Å². The summed E-state index contributed by atoms with van der Waals surface area (Å²) < 4.78 is 10.3. The molecule has 0 spiro atoms. The average Bonchev–Trinajstić information content (AvgIpc) is 2.48. The number of hydrogen-bond donors (Lipinski definition) is 2. The van der Waals surface area contributed by atoms with Gasteiger partial charge < -0.3 is 20.9 Å². The van der Waals surface area contributed by atoms with E-state index in [4.69, 9.17) is 20.9 Å². The van der Waals surface area contributed by atoms with Gasteiger partial charge in [0.05, 0.1) is 22.6 Å². The van der Waals surface area contributed by atoms with E-state index >= 15 is 0 Å². The summed E-state index contributed by atoms with van der Waals surface area (Å²) in [4.78, 5) is 8.75. The van der Waals surface area contributed by atoms with Crippen molar-refractivity contribution in [3.05, 3.63) is 24.0 Å². The highest BCUT2D eigenvalue weighted by atomic mass is 16.7. The van der Waals surface area contributed by atoms with Crippen LogP contribution >= 0.6 is 0 Å². The molecule has 4 N–H and O–H groups in total. The van der Waals surface area contributed by atoms with E-state index in [9.17, 15) is 0 Å². The first-order chi connectivity index (χ1) is 9.67. The van der Waals surface area contributed by atoms with Gasteiger partial charge >= 0.3 is 0 Å². The van der Waals surface area contributed by atoms with Crippen LogP contribution in [-0.2, 0) is 15.9 Å². The molecule has 0 unspecified atom stereocenters. The largest absolute Gasteiger partial charge is 0.396 e. The normalized spacial score (nSPS) is 11.3. The summed E-state index contributed by atoms with van der Waals surface area (Å²) in [5.74, 6) is 0. The SMILES string of the molecule is COC(CCCc1nc2cccnc2c(N)c1N)OC. The molecule has 0 amide bonds. The molecule has 6 nitrogen and oxygen atoms in total. The Hall–Kier alpha value is -1.92. The average molecular weight is 276 g/mol. The topological polar surface area (TPSA) is 96.3 Å². The molecule has 0 atom stereocenters. The smallest absolute Gasteiger partial charge is 0.156 e. The van der Waals surface area contributed by atoms with Crippen LogP contribution in [0.1, 0.15) is 18.5 Å². The zero-order valence-electron chi connectivity index (χ0n) is 11.8. The molecule has 2 aromatic heterocycles. The molecule has 0 saturated carbocycles. The van der Waals surface area contributed by atoms with Crippen molar-refractivity contribution in [1.29, 1.82) is 0 Å². The minimum absolute atomic E-state index is 0.198. The fourth-order valence-corrected chi connectivity index (χ4v) is 2.14. The maximum Gasteiger partial charge on any atom is 0.156 e. The van der Waals surface area contributed by atoms with Crippen LogP contribution in [0.4, 0.5) is 11.4 Å². The van der Waals surface area contributed by atoms with Gasteiger partial charge in [-0.1, -0.05) is 0 Å². The first-order valence-electron chi connectivity index (χ1n) is 6.51. The molecule has 0 radical (unpaired) electrons. The van der Waals surface area contributed by atoms with Gasteiger partial charge in [-0.15, -0.1) is 0 Å². The number of hydrogen-bond acceptors (Lipinski definition) is 6. The van der Waals surface area contributed by atoms with Crippen LogP contribution in [0.25, 0.3) is 11.0 Å². The highest BCUT2D eigenvalue weighted by molar-refractivity contribution is 5.93. The molecule has 0 aliphatic carbocycles. The minimum Gasteiger partial charge on any atom is -0.396 e. The van der Waals surface area contributed by atoms with Crippen LogP contribution in [0, 0.1) is 0 Å². The molecular formula is C14H20N4O2. The van der Waals surface area contributed by atoms with Crippen LogP contribution in [-0.4, -0.2) is 30.5 Å². The van der Waals surface area contributed by atoms with E-state index in [0.29, 0.717) is 16.9 Å². The third kappa shape index (κ3) is 2.97. The summed E-state index contributed by atoms with van der Waals surface area (Å²) in [6.45, 7) is 0. The molecule has 0 fully saturated rings. The Labute approximate surface area is 118 Å². The summed E-state index contributed by atoms with van der Waals surface area (Å²) in [5.41, 5.74) is 15.3. The monoisotopic (exact) mass is 276 g/mol. The molecule has 0 aliphatic rings. The second-order valence-corrected chi connectivity index (χ2v) is 4.55. The van der Waals surface area contributed by atoms with Crippen molar-refractivity contribution >= 4 is 22.4 Å². The fraction of sp³-hybridized carbons (Fsp3) is 0.429. The van der Waals surface area contributed by atoms with Gasteiger partial charge in [-0.05, 0) is 31.4 Å². The zero-order valence-corrected chi connectivity index (χ0v) is 11.8. The molecule has 2 heterocycles. The van der Waals surface area contributed by atoms with Gasteiger partial charge in [0.15, 0.2) is 6.29 Å². The summed E-state index contributed by atoms with van der Waals surface area (Å²) in [6, 6.07) is 3.72. The third-order valence-electron chi connectivity index (χ3n) is 3.28. The number of rotatable bonds is 6. The Morgan fingerprint density at radius 1 is 1.20 bits per heavy atom. The molecule has 2 aromatic rings. The number of pyridine rings is 2. The molecule has 0 bridgehead atoms. The van der Waals surface area contributed by atoms with E-state index in [2.05, 4.69) is 9.97 Å².